The average Bonchev–Trinajstić information content (AvgIpc) is 1.53. The second-order valence-corrected chi connectivity index (χ2v) is 22.2. The monoisotopic (exact) mass is 1240 g/mol. The number of nitrogens with zero attached hydrogens (tertiary/aromatic N) is 6. The van der Waals surface area contributed by atoms with Gasteiger partial charge >= 0.3 is 18.0 Å². The van der Waals surface area contributed by atoms with E-state index in [1.54, 1.807) is 9.80 Å². The number of carboxylic acid groups (broad SMARTS) is 2. The van der Waals surface area contributed by atoms with Crippen molar-refractivity contribution in [2.75, 3.05) is 56.7 Å². The van der Waals surface area contributed by atoms with Crippen molar-refractivity contribution in [2.45, 2.75) is 99.9 Å². The Hall–Kier alpha value is -10.2. The second-order valence-electron chi connectivity index (χ2n) is 20.9. The summed E-state index contributed by atoms with van der Waals surface area (Å²) in [5.74, 6) is -10.7. The molecule has 6 heterocycles. The molecule has 1 aliphatic carbocycles. The molecule has 16 N–H and O–H groups in total. The lowest BCUT2D eigenvalue weighted by atomic mass is 9.85. The van der Waals surface area contributed by atoms with Gasteiger partial charge in [-0.3, -0.25) is 63.2 Å². The molecule has 8 rings (SSSR count). The van der Waals surface area contributed by atoms with E-state index >= 15 is 0 Å². The number of benzene rings is 1. The number of nitrogens with two attached hydrogens (primary N) is 3. The number of aromatic amines is 1. The molecule has 0 saturated carbocycles. The fourth-order valence-corrected chi connectivity index (χ4v) is 12.1. The summed E-state index contributed by atoms with van der Waals surface area (Å²) in [6.45, 7) is 0.653. The minimum absolute atomic E-state index is 0.0148. The molecule has 3 fully saturated rings. The Morgan fingerprint density at radius 3 is 2.27 bits per heavy atom. The highest BCUT2D eigenvalue weighted by molar-refractivity contribution is 8.00. The van der Waals surface area contributed by atoms with Crippen LogP contribution in [0.25, 0.3) is 11.2 Å². The summed E-state index contributed by atoms with van der Waals surface area (Å²) in [6, 6.07) is 0.0126. The fraction of sp³-hybridized carbons (Fsp3) is 0.453. The summed E-state index contributed by atoms with van der Waals surface area (Å²) in [5, 5.41) is 41.3. The molecule has 1 aromatic carbocycles. The van der Waals surface area contributed by atoms with Crippen molar-refractivity contribution >= 4 is 111 Å². The highest BCUT2D eigenvalue weighted by Crippen LogP contribution is 2.53. The van der Waals surface area contributed by atoms with Gasteiger partial charge in [0.05, 0.1) is 61.2 Å². The SMILES string of the molecule is COC1=C(C)C(=O)C2=C(C1=O)[C@H](COC(N)=O)C1[C@H]3[C@@H](CN21)N3C(=O)CCCN1C(=O)CC(SC[C@@H](NC(=O)CNC(=O)[C@@H](CCCNC(=N)N)NC(=O)CC[C@@H](NC(=O)c2ccc(NCc3cnc4nc(N)[nH]c(=O)c4n3)cc2)C(=O)O)C(=O)O)C1=O. The van der Waals surface area contributed by atoms with Crippen molar-refractivity contribution in [3.8, 4) is 0 Å². The number of piperazine rings is 1. The lowest BCUT2D eigenvalue weighted by Gasteiger charge is -2.29. The van der Waals surface area contributed by atoms with Crippen LogP contribution in [0.5, 0.6) is 0 Å². The molecule has 5 aliphatic rings. The number of carboxylic acids is 2. The van der Waals surface area contributed by atoms with Gasteiger partial charge in [-0.1, -0.05) is 0 Å². The van der Waals surface area contributed by atoms with Crippen LogP contribution >= 0.6 is 11.8 Å². The van der Waals surface area contributed by atoms with Crippen molar-refractivity contribution in [1.82, 2.24) is 61.2 Å². The molecule has 34 nitrogen and oxygen atoms in total. The molecule has 2 aromatic heterocycles. The molecule has 0 spiro atoms. The molecule has 4 aliphatic heterocycles. The minimum Gasteiger partial charge on any atom is -0.492 e. The lowest BCUT2D eigenvalue weighted by Crippen LogP contribution is -2.51. The first-order valence-electron chi connectivity index (χ1n) is 27.5. The summed E-state index contributed by atoms with van der Waals surface area (Å²) < 4.78 is 10.4. The Bertz CT molecular complexity index is 3520. The third-order valence-electron chi connectivity index (χ3n) is 15.1. The van der Waals surface area contributed by atoms with Gasteiger partial charge < -0.3 is 78.6 Å². The molecule has 8 atom stereocenters. The van der Waals surface area contributed by atoms with E-state index < -0.39 is 137 Å². The second kappa shape index (κ2) is 27.4. The number of rotatable bonds is 29. The Kier molecular flexibility index (Phi) is 19.9. The molecule has 0 bridgehead atoms. The number of carbonyl (C=O) groups excluding carboxylic acids is 10. The number of aliphatic carboxylic acids is 2. The number of H-pyrrole nitrogens is 1. The number of primary amides is 1. The van der Waals surface area contributed by atoms with Crippen LogP contribution in [0.3, 0.4) is 0 Å². The van der Waals surface area contributed by atoms with Gasteiger partial charge in [-0.2, -0.15) is 4.98 Å². The van der Waals surface area contributed by atoms with E-state index in [9.17, 15) is 72.5 Å². The molecular formula is C53H63N17O17S. The van der Waals surface area contributed by atoms with Crippen LogP contribution < -0.4 is 54.7 Å². The zero-order chi connectivity index (χ0) is 63.8. The highest BCUT2D eigenvalue weighted by atomic mass is 32.2. The van der Waals surface area contributed by atoms with Crippen LogP contribution in [0.2, 0.25) is 0 Å². The number of anilines is 2. The minimum atomic E-state index is -1.61. The molecule has 468 valence electrons. The molecule has 35 heteroatoms. The molecule has 3 saturated heterocycles. The largest absolute Gasteiger partial charge is 0.492 e. The zero-order valence-corrected chi connectivity index (χ0v) is 48.1. The molecule has 2 unspecified atom stereocenters. The first kappa shape index (κ1) is 63.8. The van der Waals surface area contributed by atoms with Crippen LogP contribution in [0.15, 0.2) is 57.9 Å². The number of aromatic nitrogens is 4. The third-order valence-corrected chi connectivity index (χ3v) is 16.4. The number of fused-ring (bicyclic) bond motifs is 5. The van der Waals surface area contributed by atoms with Crippen molar-refractivity contribution in [3.05, 3.63) is 74.7 Å². The fourth-order valence-electron chi connectivity index (χ4n) is 10.9. The Labute approximate surface area is 502 Å². The topological polar surface area (TPSA) is 519 Å². The van der Waals surface area contributed by atoms with E-state index in [1.807, 2.05) is 0 Å². The Morgan fingerprint density at radius 2 is 1.59 bits per heavy atom. The number of amides is 8. The van der Waals surface area contributed by atoms with E-state index in [4.69, 9.17) is 32.1 Å². The van der Waals surface area contributed by atoms with Crippen LogP contribution in [-0.4, -0.2) is 209 Å². The van der Waals surface area contributed by atoms with Gasteiger partial charge in [-0.15, -0.1) is 11.8 Å². The van der Waals surface area contributed by atoms with Gasteiger partial charge in [0.2, 0.25) is 53.0 Å². The Morgan fingerprint density at radius 1 is 0.875 bits per heavy atom. The number of methoxy groups -OCH3 is 1. The summed E-state index contributed by atoms with van der Waals surface area (Å²) in [4.78, 5) is 187. The number of nitrogen functional groups attached to an aromatic ring is 1. The first-order chi connectivity index (χ1) is 41.9. The number of imide groups is 1. The number of thioether (sulfide) groups is 1. The van der Waals surface area contributed by atoms with Crippen LogP contribution in [-0.2, 0) is 64.0 Å². The number of hydrogen-bond donors (Lipinski definition) is 13. The van der Waals surface area contributed by atoms with Crippen LogP contribution in [0, 0.1) is 11.3 Å². The molecule has 3 aromatic rings. The van der Waals surface area contributed by atoms with Gasteiger partial charge in [-0.25, -0.2) is 24.4 Å². The predicted molar refractivity (Wildman–Crippen MR) is 305 cm³/mol. The maximum Gasteiger partial charge on any atom is 0.404 e. The number of hydrogen-bond acceptors (Lipinski definition) is 23. The smallest absolute Gasteiger partial charge is 0.404 e. The number of allylic oxidation sites excluding steroid dienone is 2. The van der Waals surface area contributed by atoms with E-state index in [0.717, 1.165) is 16.7 Å². The van der Waals surface area contributed by atoms with Crippen molar-refractivity contribution in [1.29, 1.82) is 5.41 Å². The third kappa shape index (κ3) is 14.5. The van der Waals surface area contributed by atoms with Gasteiger partial charge in [0.25, 0.3) is 11.5 Å². The number of guanidine groups is 1. The standard InChI is InChI=1S/C53H63N17O17S/c1-22-41(75)40-36(42(76)43(22)86-2)26(20-87-53(57)85)38-39-30(19-69(38)40)70(39)34(73)6-4-14-68-35(74)15-31(48(68)80)88-21-29(50(83)84)64-33(72)18-61-46(78)27(5-3-13-58-51(54)55)63-32(71)12-11-28(49(81)82)65-45(77)23-7-9-24(10-8-23)59-16-25-17-60-44-37(62-25)47(79)67-52(56)66-44/h7-10,17,26-31,38-39,59H,3-6,11-16,18-21H2,1-2H3,(H2,57,85)(H,61,78)(H,63,71)(H,64,72)(H,65,77)(H,81,82)(H,83,84)(H4,54,55,58)(H3,56,60,66,67,79)/t26-,27+,28+,29+,30+,31?,38?,39+,70?/m0/s1. The number of nitrogens with one attached hydrogen (secondary N) is 8. The number of carbonyl (C=O) groups is 12. The number of ether oxygens (including phenoxy) is 2. The van der Waals surface area contributed by atoms with Gasteiger partial charge in [-0.05, 0) is 56.9 Å². The van der Waals surface area contributed by atoms with Gasteiger partial charge in [0.1, 0.15) is 24.7 Å². The van der Waals surface area contributed by atoms with Crippen LogP contribution in [0.1, 0.15) is 67.9 Å². The normalized spacial score (nSPS) is 20.1. The summed E-state index contributed by atoms with van der Waals surface area (Å²) in [7, 11) is 1.26. The maximum atomic E-state index is 13.6. The van der Waals surface area contributed by atoms with Crippen molar-refractivity contribution in [3.63, 3.8) is 0 Å². The highest BCUT2D eigenvalue weighted by Gasteiger charge is 2.68. The number of Topliss-reactive ketones (excluding diaryl/α,β-unsaturated/α-hetero) is 2. The zero-order valence-electron chi connectivity index (χ0n) is 47.2. The van der Waals surface area contributed by atoms with Crippen molar-refractivity contribution < 1.29 is 77.2 Å². The Balaban J connectivity index is 0.765. The van der Waals surface area contributed by atoms with E-state index in [1.165, 1.54) is 44.5 Å². The van der Waals surface area contributed by atoms with Gasteiger partial charge in [0.15, 0.2) is 22.9 Å². The summed E-state index contributed by atoms with van der Waals surface area (Å²) in [5.41, 5.74) is 17.0. The number of likely N-dealkylation sites (tertiary alicyclic amines) is 1. The van der Waals surface area contributed by atoms with E-state index in [2.05, 4.69) is 51.8 Å². The molecule has 88 heavy (non-hydrogen) atoms. The first-order valence-corrected chi connectivity index (χ1v) is 28.5. The van der Waals surface area contributed by atoms with Crippen LogP contribution in [0.4, 0.5) is 16.4 Å². The average molecular weight is 1240 g/mol. The number of ketones is 2. The van der Waals surface area contributed by atoms with Crippen molar-refractivity contribution in [2.24, 2.45) is 17.4 Å². The molecule has 0 radical (unpaired) electrons. The van der Waals surface area contributed by atoms with Gasteiger partial charge in [0, 0.05) is 73.0 Å². The maximum absolute atomic E-state index is 13.6. The summed E-state index contributed by atoms with van der Waals surface area (Å²) >= 11 is 0.799. The quantitative estimate of drug-likeness (QED) is 0.00793. The molecular weight excluding hydrogens is 1180 g/mol. The lowest BCUT2D eigenvalue weighted by molar-refractivity contribution is -0.141. The summed E-state index contributed by atoms with van der Waals surface area (Å²) in [6.07, 6.45) is -0.871. The predicted octanol–water partition coefficient (Wildman–Crippen LogP) is -3.74. The van der Waals surface area contributed by atoms with E-state index in [0.29, 0.717) is 11.4 Å². The van der Waals surface area contributed by atoms with E-state index in [-0.39, 0.29) is 128 Å². The molecule has 8 amide bonds.